The van der Waals surface area contributed by atoms with E-state index in [4.69, 9.17) is 0 Å². The van der Waals surface area contributed by atoms with E-state index < -0.39 is 0 Å². The van der Waals surface area contributed by atoms with Crippen molar-refractivity contribution in [2.75, 3.05) is 6.54 Å². The van der Waals surface area contributed by atoms with Gasteiger partial charge in [-0.15, -0.1) is 0 Å². The zero-order valence-electron chi connectivity index (χ0n) is 15.4. The Hall–Kier alpha value is -2.77. The number of halogens is 1. The largest absolute Gasteiger partial charge is 0.334 e. The van der Waals surface area contributed by atoms with Crippen molar-refractivity contribution in [2.45, 2.75) is 37.5 Å². The molecule has 2 aliphatic rings. The number of hydrazine groups is 1. The number of carbonyl (C=O) groups excluding carboxylic acids is 1. The lowest BCUT2D eigenvalue weighted by Crippen LogP contribution is -2.52. The van der Waals surface area contributed by atoms with Crippen molar-refractivity contribution >= 4 is 16.9 Å². The van der Waals surface area contributed by atoms with Gasteiger partial charge in [0, 0.05) is 19.1 Å². The molecule has 3 atom stereocenters. The normalized spacial score (nSPS) is 24.5. The highest BCUT2D eigenvalue weighted by atomic mass is 19.1. The zero-order chi connectivity index (χ0) is 19.1. The highest BCUT2D eigenvalue weighted by molar-refractivity contribution is 5.83. The Bertz CT molecular complexity index is 1000. The van der Waals surface area contributed by atoms with E-state index in [0.29, 0.717) is 0 Å². The summed E-state index contributed by atoms with van der Waals surface area (Å²) in [6, 6.07) is 14.4. The monoisotopic (exact) mass is 379 g/mol. The first kappa shape index (κ1) is 17.3. The molecule has 2 N–H and O–H groups in total. The number of likely N-dealkylation sites (tertiary alicyclic amines) is 1. The molecule has 0 radical (unpaired) electrons. The van der Waals surface area contributed by atoms with Crippen LogP contribution in [0.1, 0.15) is 24.4 Å². The predicted octanol–water partition coefficient (Wildman–Crippen LogP) is 2.38. The molecule has 1 amide bonds. The van der Waals surface area contributed by atoms with E-state index in [9.17, 15) is 9.18 Å². The summed E-state index contributed by atoms with van der Waals surface area (Å²) in [5, 5.41) is 0. The van der Waals surface area contributed by atoms with Gasteiger partial charge in [0.1, 0.15) is 11.9 Å². The summed E-state index contributed by atoms with van der Waals surface area (Å²) in [5.41, 5.74) is 9.49. The molecule has 2 saturated heterocycles. The van der Waals surface area contributed by atoms with Crippen molar-refractivity contribution < 1.29 is 9.18 Å². The number of fused-ring (bicyclic) bond motifs is 1. The fraction of sp³-hybridized carbons (Fsp3) is 0.333. The van der Waals surface area contributed by atoms with Crippen LogP contribution in [0.4, 0.5) is 4.39 Å². The van der Waals surface area contributed by atoms with Gasteiger partial charge in [0.15, 0.2) is 0 Å². The SMILES string of the molecule is O=C(C1CC(Cn2cnc3ccccc32)NN1)N1CCC1c1ccc(F)cc1. The van der Waals surface area contributed by atoms with E-state index in [0.717, 1.165) is 42.5 Å². The van der Waals surface area contributed by atoms with Gasteiger partial charge in [-0.2, -0.15) is 0 Å². The minimum Gasteiger partial charge on any atom is -0.334 e. The highest BCUT2D eigenvalue weighted by Gasteiger charge is 2.39. The number of benzene rings is 2. The summed E-state index contributed by atoms with van der Waals surface area (Å²) >= 11 is 0. The molecule has 2 aliphatic heterocycles. The molecule has 0 saturated carbocycles. The second-order valence-electron chi connectivity index (χ2n) is 7.55. The van der Waals surface area contributed by atoms with Gasteiger partial charge in [-0.3, -0.25) is 10.2 Å². The highest BCUT2D eigenvalue weighted by Crippen LogP contribution is 2.34. The minimum atomic E-state index is -0.252. The molecular weight excluding hydrogens is 357 g/mol. The van der Waals surface area contributed by atoms with Crippen molar-refractivity contribution in [3.8, 4) is 0 Å². The van der Waals surface area contributed by atoms with Crippen LogP contribution >= 0.6 is 0 Å². The van der Waals surface area contributed by atoms with Gasteiger partial charge in [-0.25, -0.2) is 14.8 Å². The van der Waals surface area contributed by atoms with Crippen molar-refractivity contribution in [3.63, 3.8) is 0 Å². The lowest BCUT2D eigenvalue weighted by molar-refractivity contribution is -0.141. The lowest BCUT2D eigenvalue weighted by Gasteiger charge is -2.42. The Morgan fingerprint density at radius 3 is 2.75 bits per heavy atom. The van der Waals surface area contributed by atoms with Gasteiger partial charge in [0.05, 0.1) is 23.4 Å². The number of amides is 1. The number of hydrogen-bond donors (Lipinski definition) is 2. The summed E-state index contributed by atoms with van der Waals surface area (Å²) < 4.78 is 15.3. The second kappa shape index (κ2) is 7.00. The summed E-state index contributed by atoms with van der Waals surface area (Å²) in [6.45, 7) is 1.49. The molecule has 3 unspecified atom stereocenters. The molecule has 2 aromatic carbocycles. The topological polar surface area (TPSA) is 62.2 Å². The van der Waals surface area contributed by atoms with Gasteiger partial charge in [-0.1, -0.05) is 24.3 Å². The van der Waals surface area contributed by atoms with E-state index in [1.54, 1.807) is 12.1 Å². The summed E-state index contributed by atoms with van der Waals surface area (Å²) in [6.07, 6.45) is 3.49. The summed E-state index contributed by atoms with van der Waals surface area (Å²) in [5.74, 6) is -0.149. The van der Waals surface area contributed by atoms with Crippen LogP contribution in [0.2, 0.25) is 0 Å². The number of rotatable bonds is 4. The van der Waals surface area contributed by atoms with Crippen LogP contribution in [0.5, 0.6) is 0 Å². The van der Waals surface area contributed by atoms with Crippen LogP contribution in [0.15, 0.2) is 54.9 Å². The number of hydrogen-bond acceptors (Lipinski definition) is 4. The van der Waals surface area contributed by atoms with Crippen molar-refractivity contribution in [3.05, 3.63) is 66.2 Å². The van der Waals surface area contributed by atoms with Crippen molar-refractivity contribution in [2.24, 2.45) is 0 Å². The van der Waals surface area contributed by atoms with E-state index in [-0.39, 0.29) is 29.8 Å². The Kier molecular flexibility index (Phi) is 4.33. The first-order chi connectivity index (χ1) is 13.7. The third kappa shape index (κ3) is 3.06. The standard InChI is InChI=1S/C21H22FN5O/c22-15-7-5-14(6-8-15)19-9-10-27(19)21(28)18-11-16(24-25-18)12-26-13-23-17-3-1-2-4-20(17)26/h1-8,13,16,18-19,24-25H,9-12H2. The van der Waals surface area contributed by atoms with Crippen LogP contribution in [-0.4, -0.2) is 39.0 Å². The Morgan fingerprint density at radius 1 is 1.14 bits per heavy atom. The zero-order valence-corrected chi connectivity index (χ0v) is 15.4. The molecule has 3 aromatic rings. The average molecular weight is 379 g/mol. The smallest absolute Gasteiger partial charge is 0.241 e. The third-order valence-corrected chi connectivity index (χ3v) is 5.78. The van der Waals surface area contributed by atoms with Gasteiger partial charge in [0.25, 0.3) is 0 Å². The van der Waals surface area contributed by atoms with Crippen molar-refractivity contribution in [1.82, 2.24) is 25.3 Å². The molecule has 3 heterocycles. The number of aromatic nitrogens is 2. The van der Waals surface area contributed by atoms with Gasteiger partial charge < -0.3 is 9.47 Å². The van der Waals surface area contributed by atoms with E-state index in [2.05, 4.69) is 26.5 Å². The number of para-hydroxylation sites is 2. The van der Waals surface area contributed by atoms with Crippen molar-refractivity contribution in [1.29, 1.82) is 0 Å². The van der Waals surface area contributed by atoms with Crippen LogP contribution in [0, 0.1) is 5.82 Å². The van der Waals surface area contributed by atoms with Crippen LogP contribution in [0.3, 0.4) is 0 Å². The van der Waals surface area contributed by atoms with E-state index >= 15 is 0 Å². The minimum absolute atomic E-state index is 0.0477. The van der Waals surface area contributed by atoms with Gasteiger partial charge in [0.2, 0.25) is 5.91 Å². The molecular formula is C21H22FN5O. The maximum absolute atomic E-state index is 13.2. The average Bonchev–Trinajstić information content (AvgIpc) is 3.31. The quantitative estimate of drug-likeness (QED) is 0.731. The maximum atomic E-state index is 13.2. The Balaban J connectivity index is 1.23. The number of imidazole rings is 1. The molecule has 28 heavy (non-hydrogen) atoms. The number of carbonyl (C=O) groups is 1. The van der Waals surface area contributed by atoms with Crippen LogP contribution < -0.4 is 10.9 Å². The molecule has 0 aliphatic carbocycles. The number of nitrogens with zero attached hydrogens (tertiary/aromatic N) is 3. The van der Waals surface area contributed by atoms with E-state index in [1.807, 2.05) is 29.4 Å². The molecule has 2 fully saturated rings. The molecule has 6 nitrogen and oxygen atoms in total. The summed E-state index contributed by atoms with van der Waals surface area (Å²) in [7, 11) is 0. The first-order valence-corrected chi connectivity index (χ1v) is 9.66. The summed E-state index contributed by atoms with van der Waals surface area (Å²) in [4.78, 5) is 19.3. The van der Waals surface area contributed by atoms with Crippen LogP contribution in [-0.2, 0) is 11.3 Å². The van der Waals surface area contributed by atoms with Gasteiger partial charge >= 0.3 is 0 Å². The molecule has 5 rings (SSSR count). The third-order valence-electron chi connectivity index (χ3n) is 5.78. The first-order valence-electron chi connectivity index (χ1n) is 9.66. The fourth-order valence-corrected chi connectivity index (χ4v) is 4.18. The molecule has 0 spiro atoms. The molecule has 7 heteroatoms. The maximum Gasteiger partial charge on any atom is 0.241 e. The lowest BCUT2D eigenvalue weighted by atomic mass is 9.93. The predicted molar refractivity (Wildman–Crippen MR) is 104 cm³/mol. The Morgan fingerprint density at radius 2 is 1.96 bits per heavy atom. The molecule has 144 valence electrons. The van der Waals surface area contributed by atoms with Gasteiger partial charge in [-0.05, 0) is 42.7 Å². The molecule has 0 bridgehead atoms. The Labute approximate surface area is 162 Å². The van der Waals surface area contributed by atoms with Crippen LogP contribution in [0.25, 0.3) is 11.0 Å². The van der Waals surface area contributed by atoms with E-state index in [1.165, 1.54) is 12.1 Å². The fourth-order valence-electron chi connectivity index (χ4n) is 4.18. The molecule has 1 aromatic heterocycles. The second-order valence-corrected chi connectivity index (χ2v) is 7.55. The number of nitrogens with one attached hydrogen (secondary N) is 2.